The van der Waals surface area contributed by atoms with Crippen LogP contribution in [0.3, 0.4) is 0 Å². The van der Waals surface area contributed by atoms with Crippen LogP contribution in [0.25, 0.3) is 16.9 Å². The maximum atomic E-state index is 13.6. The summed E-state index contributed by atoms with van der Waals surface area (Å²) in [6.45, 7) is 1.37. The number of benzene rings is 3. The number of carbonyl (C=O) groups excluding carboxylic acids is 3. The molecule has 202 valence electrons. The zero-order valence-electron chi connectivity index (χ0n) is 21.5. The summed E-state index contributed by atoms with van der Waals surface area (Å²) in [5, 5.41) is 9.87. The molecule has 10 heteroatoms. The van der Waals surface area contributed by atoms with E-state index >= 15 is 0 Å². The minimum Gasteiger partial charge on any atom is -0.463 e. The molecule has 1 atom stereocenters. The van der Waals surface area contributed by atoms with E-state index in [0.717, 1.165) is 0 Å². The van der Waals surface area contributed by atoms with Crippen LogP contribution in [0.15, 0.2) is 102 Å². The Hall–Kier alpha value is -5.25. The Balaban J connectivity index is 1.49. The molecule has 40 heavy (non-hydrogen) atoms. The topological polar surface area (TPSA) is 112 Å². The van der Waals surface area contributed by atoms with Crippen molar-refractivity contribution in [1.82, 2.24) is 20.4 Å². The van der Waals surface area contributed by atoms with Gasteiger partial charge < -0.3 is 20.1 Å². The number of aromatic nitrogens is 2. The Morgan fingerprint density at radius 1 is 0.925 bits per heavy atom. The highest BCUT2D eigenvalue weighted by Gasteiger charge is 2.34. The van der Waals surface area contributed by atoms with Gasteiger partial charge in [0.05, 0.1) is 29.6 Å². The van der Waals surface area contributed by atoms with E-state index in [4.69, 9.17) is 9.47 Å². The number of hydrogen-bond donors (Lipinski definition) is 2. The fraction of sp³-hybridized carbons (Fsp3) is 0.133. The molecule has 1 aliphatic heterocycles. The smallest absolute Gasteiger partial charge is 0.342 e. The first kappa shape index (κ1) is 26.4. The van der Waals surface area contributed by atoms with Gasteiger partial charge >= 0.3 is 18.0 Å². The van der Waals surface area contributed by atoms with Crippen molar-refractivity contribution in [3.8, 4) is 16.9 Å². The molecule has 1 unspecified atom stereocenters. The van der Waals surface area contributed by atoms with Gasteiger partial charge in [-0.05, 0) is 48.9 Å². The average molecular weight is 541 g/mol. The van der Waals surface area contributed by atoms with Crippen molar-refractivity contribution >= 4 is 18.0 Å². The number of nitrogens with one attached hydrogen (secondary N) is 2. The Morgan fingerprint density at radius 2 is 1.60 bits per heavy atom. The van der Waals surface area contributed by atoms with E-state index in [1.54, 1.807) is 31.2 Å². The second kappa shape index (κ2) is 11.6. The molecule has 0 fully saturated rings. The third-order valence-corrected chi connectivity index (χ3v) is 6.20. The summed E-state index contributed by atoms with van der Waals surface area (Å²) >= 11 is 0. The summed E-state index contributed by atoms with van der Waals surface area (Å²) in [5.74, 6) is -1.83. The van der Waals surface area contributed by atoms with Crippen LogP contribution in [0.1, 0.15) is 28.9 Å². The van der Waals surface area contributed by atoms with Gasteiger partial charge in [-0.25, -0.2) is 23.5 Å². The molecule has 3 aromatic carbocycles. The number of carbonyl (C=O) groups is 3. The summed E-state index contributed by atoms with van der Waals surface area (Å²) in [7, 11) is 0. The van der Waals surface area contributed by atoms with Crippen LogP contribution in [0.4, 0.5) is 9.18 Å². The molecular formula is C30H25FN4O5. The molecule has 1 aliphatic rings. The molecule has 0 saturated heterocycles. The third kappa shape index (κ3) is 5.60. The van der Waals surface area contributed by atoms with Crippen molar-refractivity contribution in [1.29, 1.82) is 0 Å². The van der Waals surface area contributed by atoms with E-state index in [9.17, 15) is 18.8 Å². The molecule has 0 bridgehead atoms. The van der Waals surface area contributed by atoms with Crippen molar-refractivity contribution < 1.29 is 28.2 Å². The maximum Gasteiger partial charge on any atom is 0.342 e. The van der Waals surface area contributed by atoms with Gasteiger partial charge in [-0.2, -0.15) is 5.10 Å². The van der Waals surface area contributed by atoms with E-state index in [0.29, 0.717) is 16.8 Å². The summed E-state index contributed by atoms with van der Waals surface area (Å²) < 4.78 is 26.0. The average Bonchev–Trinajstić information content (AvgIpc) is 3.43. The Bertz CT molecular complexity index is 1570. The normalized spacial score (nSPS) is 14.8. The fourth-order valence-corrected chi connectivity index (χ4v) is 4.35. The van der Waals surface area contributed by atoms with Crippen molar-refractivity contribution in [3.63, 3.8) is 0 Å². The SMILES string of the molecule is CCOC(=O)C1=C(COC(=O)c2cn(-c3ccccc3)nc2-c2ccc(F)cc2)NC(=O)NC1c1ccccc1. The number of hydrogen-bond acceptors (Lipinski definition) is 6. The largest absolute Gasteiger partial charge is 0.463 e. The predicted molar refractivity (Wildman–Crippen MR) is 144 cm³/mol. The van der Waals surface area contributed by atoms with E-state index in [2.05, 4.69) is 15.7 Å². The maximum absolute atomic E-state index is 13.6. The van der Waals surface area contributed by atoms with Gasteiger partial charge in [-0.1, -0.05) is 48.5 Å². The van der Waals surface area contributed by atoms with Crippen molar-refractivity contribution in [2.45, 2.75) is 13.0 Å². The molecule has 0 radical (unpaired) electrons. The lowest BCUT2D eigenvalue weighted by molar-refractivity contribution is -0.139. The van der Waals surface area contributed by atoms with Crippen LogP contribution in [0, 0.1) is 5.82 Å². The monoisotopic (exact) mass is 540 g/mol. The number of ether oxygens (including phenoxy) is 2. The van der Waals surface area contributed by atoms with Gasteiger partial charge in [0.1, 0.15) is 23.7 Å². The van der Waals surface area contributed by atoms with E-state index in [1.165, 1.54) is 35.1 Å². The Morgan fingerprint density at radius 3 is 2.27 bits per heavy atom. The molecule has 5 rings (SSSR count). The zero-order chi connectivity index (χ0) is 28.1. The molecular weight excluding hydrogens is 515 g/mol. The number of halogens is 1. The molecule has 0 aliphatic carbocycles. The highest BCUT2D eigenvalue weighted by Crippen LogP contribution is 2.29. The summed E-state index contributed by atoms with van der Waals surface area (Å²) in [4.78, 5) is 38.9. The predicted octanol–water partition coefficient (Wildman–Crippen LogP) is 4.71. The molecule has 0 saturated carbocycles. The number of rotatable bonds is 8. The summed E-state index contributed by atoms with van der Waals surface area (Å²) in [6, 6.07) is 22.3. The molecule has 4 aromatic rings. The quantitative estimate of drug-likeness (QED) is 0.313. The number of esters is 2. The van der Waals surface area contributed by atoms with Gasteiger partial charge in [0.25, 0.3) is 0 Å². The molecule has 1 aromatic heterocycles. The summed E-state index contributed by atoms with van der Waals surface area (Å²) in [5.41, 5.74) is 2.50. The lowest BCUT2D eigenvalue weighted by atomic mass is 9.95. The van der Waals surface area contributed by atoms with Gasteiger partial charge in [0.2, 0.25) is 0 Å². The van der Waals surface area contributed by atoms with Gasteiger partial charge in [-0.3, -0.25) is 0 Å². The molecule has 2 heterocycles. The molecule has 2 amide bonds. The fourth-order valence-electron chi connectivity index (χ4n) is 4.35. The third-order valence-electron chi connectivity index (χ3n) is 6.20. The first-order valence-electron chi connectivity index (χ1n) is 12.6. The first-order valence-corrected chi connectivity index (χ1v) is 12.6. The van der Waals surface area contributed by atoms with E-state index < -0.39 is 36.4 Å². The minimum absolute atomic E-state index is 0.100. The standard InChI is InChI=1S/C30H25FN4O5/c1-2-39-29(37)25-24(32-30(38)33-27(25)19-9-5-3-6-10-19)18-40-28(36)23-17-35(22-11-7-4-8-12-22)34-26(23)20-13-15-21(31)16-14-20/h3-17,27H,2,18H2,1H3,(H2,32,33,38). The first-order chi connectivity index (χ1) is 19.4. The highest BCUT2D eigenvalue weighted by molar-refractivity contribution is 5.97. The van der Waals surface area contributed by atoms with Gasteiger partial charge in [-0.15, -0.1) is 0 Å². The van der Waals surface area contributed by atoms with Crippen LogP contribution in [-0.2, 0) is 14.3 Å². The number of nitrogens with zero attached hydrogens (tertiary/aromatic N) is 2. The van der Waals surface area contributed by atoms with Crippen LogP contribution >= 0.6 is 0 Å². The highest BCUT2D eigenvalue weighted by atomic mass is 19.1. The van der Waals surface area contributed by atoms with Crippen LogP contribution in [0.2, 0.25) is 0 Å². The molecule has 2 N–H and O–H groups in total. The second-order valence-electron chi connectivity index (χ2n) is 8.81. The summed E-state index contributed by atoms with van der Waals surface area (Å²) in [6.07, 6.45) is 1.52. The van der Waals surface area contributed by atoms with E-state index in [1.807, 2.05) is 36.4 Å². The van der Waals surface area contributed by atoms with Gasteiger partial charge in [0.15, 0.2) is 0 Å². The van der Waals surface area contributed by atoms with Crippen molar-refractivity contribution in [2.75, 3.05) is 13.2 Å². The lowest BCUT2D eigenvalue weighted by Gasteiger charge is -2.29. The minimum atomic E-state index is -0.807. The van der Waals surface area contributed by atoms with Crippen LogP contribution in [-0.4, -0.2) is 41.0 Å². The molecule has 0 spiro atoms. The lowest BCUT2D eigenvalue weighted by Crippen LogP contribution is -2.47. The van der Waals surface area contributed by atoms with Crippen LogP contribution < -0.4 is 10.6 Å². The van der Waals surface area contributed by atoms with E-state index in [-0.39, 0.29) is 29.1 Å². The Kier molecular flexibility index (Phi) is 7.68. The van der Waals surface area contributed by atoms with Crippen LogP contribution in [0.5, 0.6) is 0 Å². The second-order valence-corrected chi connectivity index (χ2v) is 8.81. The number of urea groups is 1. The number of para-hydroxylation sites is 1. The van der Waals surface area contributed by atoms with Crippen molar-refractivity contribution in [2.24, 2.45) is 0 Å². The van der Waals surface area contributed by atoms with Gasteiger partial charge in [0, 0.05) is 11.8 Å². The number of amides is 2. The Labute approximate surface area is 229 Å². The zero-order valence-corrected chi connectivity index (χ0v) is 21.5. The molecule has 9 nitrogen and oxygen atoms in total. The van der Waals surface area contributed by atoms with Crippen molar-refractivity contribution in [3.05, 3.63) is 119 Å².